The van der Waals surface area contributed by atoms with Gasteiger partial charge in [0.25, 0.3) is 5.91 Å². The van der Waals surface area contributed by atoms with Gasteiger partial charge in [0.2, 0.25) is 0 Å². The van der Waals surface area contributed by atoms with Crippen LogP contribution >= 0.6 is 0 Å². The summed E-state index contributed by atoms with van der Waals surface area (Å²) in [5, 5.41) is 18.1. The lowest BCUT2D eigenvalue weighted by Crippen LogP contribution is -2.12. The van der Waals surface area contributed by atoms with Crippen molar-refractivity contribution in [3.05, 3.63) is 78.9 Å². The smallest absolute Gasteiger partial charge is 0.255 e. The molecule has 4 rings (SSSR count). The fourth-order valence-corrected chi connectivity index (χ4v) is 2.42. The molecule has 2 heterocycles. The highest BCUT2D eigenvalue weighted by molar-refractivity contribution is 6.04. The molecule has 2 aromatic heterocycles. The van der Waals surface area contributed by atoms with Crippen LogP contribution in [-0.4, -0.2) is 35.9 Å². The van der Waals surface area contributed by atoms with Gasteiger partial charge in [-0.15, -0.1) is 5.10 Å². The van der Waals surface area contributed by atoms with Crippen molar-refractivity contribution in [1.82, 2.24) is 30.0 Å². The molecule has 8 heteroatoms. The fourth-order valence-electron chi connectivity index (χ4n) is 2.42. The van der Waals surface area contributed by atoms with Crippen molar-refractivity contribution in [2.24, 2.45) is 0 Å². The van der Waals surface area contributed by atoms with Gasteiger partial charge in [-0.25, -0.2) is 9.36 Å². The highest BCUT2D eigenvalue weighted by atomic mass is 16.1. The van der Waals surface area contributed by atoms with Gasteiger partial charge in [0.05, 0.1) is 11.4 Å². The maximum Gasteiger partial charge on any atom is 0.255 e. The second kappa shape index (κ2) is 6.36. The summed E-state index contributed by atoms with van der Waals surface area (Å²) in [6.45, 7) is 0. The van der Waals surface area contributed by atoms with Crippen molar-refractivity contribution in [1.29, 1.82) is 0 Å². The molecule has 0 fully saturated rings. The van der Waals surface area contributed by atoms with E-state index in [1.165, 1.54) is 11.0 Å². The van der Waals surface area contributed by atoms with Crippen molar-refractivity contribution in [3.8, 4) is 11.4 Å². The number of nitrogens with zero attached hydrogens (tertiary/aromatic N) is 6. The summed E-state index contributed by atoms with van der Waals surface area (Å²) < 4.78 is 3.23. The lowest BCUT2D eigenvalue weighted by molar-refractivity contribution is 0.102. The van der Waals surface area contributed by atoms with Crippen LogP contribution in [0.3, 0.4) is 0 Å². The summed E-state index contributed by atoms with van der Waals surface area (Å²) >= 11 is 0. The molecule has 0 spiro atoms. The first kappa shape index (κ1) is 14.8. The predicted octanol–water partition coefficient (Wildman–Crippen LogP) is 2.10. The third kappa shape index (κ3) is 3.13. The third-order valence-corrected chi connectivity index (χ3v) is 3.59. The number of hydrogen-bond acceptors (Lipinski definition) is 5. The number of carbonyl (C=O) groups excluding carboxylic acids is 1. The second-order valence-corrected chi connectivity index (χ2v) is 5.26. The van der Waals surface area contributed by atoms with Crippen LogP contribution in [0.4, 0.5) is 5.69 Å². The Labute approximate surface area is 142 Å². The highest BCUT2D eigenvalue weighted by Crippen LogP contribution is 2.16. The normalized spacial score (nSPS) is 10.6. The molecule has 4 aromatic rings. The van der Waals surface area contributed by atoms with Gasteiger partial charge in [-0.2, -0.15) is 5.10 Å². The minimum Gasteiger partial charge on any atom is -0.322 e. The zero-order chi connectivity index (χ0) is 17.1. The summed E-state index contributed by atoms with van der Waals surface area (Å²) in [6.07, 6.45) is 5.02. The third-order valence-electron chi connectivity index (χ3n) is 3.59. The molecule has 0 unspecified atom stereocenters. The van der Waals surface area contributed by atoms with Gasteiger partial charge < -0.3 is 5.32 Å². The summed E-state index contributed by atoms with van der Waals surface area (Å²) in [6, 6.07) is 16.4. The van der Waals surface area contributed by atoms with E-state index in [0.29, 0.717) is 16.9 Å². The molecule has 8 nitrogen and oxygen atoms in total. The Hall–Kier alpha value is -3.81. The molecule has 0 aliphatic heterocycles. The van der Waals surface area contributed by atoms with Gasteiger partial charge in [-0.1, -0.05) is 12.1 Å². The van der Waals surface area contributed by atoms with Crippen molar-refractivity contribution in [2.45, 2.75) is 0 Å². The molecule has 0 bridgehead atoms. The average Bonchev–Trinajstić information content (AvgIpc) is 3.36. The Morgan fingerprint density at radius 1 is 0.960 bits per heavy atom. The molecule has 0 saturated carbocycles. The van der Waals surface area contributed by atoms with Crippen LogP contribution in [0.2, 0.25) is 0 Å². The first-order valence-electron chi connectivity index (χ1n) is 7.54. The SMILES string of the molecule is O=C(Nc1cccc(-n2cccn2)c1)c1cccc(-n2cnnn2)c1. The van der Waals surface area contributed by atoms with Crippen LogP contribution < -0.4 is 5.32 Å². The van der Waals surface area contributed by atoms with Gasteiger partial charge in [0.15, 0.2) is 0 Å². The monoisotopic (exact) mass is 331 g/mol. The van der Waals surface area contributed by atoms with E-state index in [-0.39, 0.29) is 5.91 Å². The van der Waals surface area contributed by atoms with E-state index < -0.39 is 0 Å². The topological polar surface area (TPSA) is 90.5 Å². The van der Waals surface area contributed by atoms with Crippen LogP contribution in [0.15, 0.2) is 73.3 Å². The van der Waals surface area contributed by atoms with Crippen molar-refractivity contribution < 1.29 is 4.79 Å². The first-order valence-corrected chi connectivity index (χ1v) is 7.54. The van der Waals surface area contributed by atoms with E-state index in [4.69, 9.17) is 0 Å². The van der Waals surface area contributed by atoms with E-state index in [1.807, 2.05) is 42.6 Å². The number of nitrogens with one attached hydrogen (secondary N) is 1. The summed E-state index contributed by atoms with van der Waals surface area (Å²) in [7, 11) is 0. The second-order valence-electron chi connectivity index (χ2n) is 5.26. The molecular formula is C17H13N7O. The van der Waals surface area contributed by atoms with Crippen LogP contribution in [0, 0.1) is 0 Å². The lowest BCUT2D eigenvalue weighted by atomic mass is 10.2. The quantitative estimate of drug-likeness (QED) is 0.618. The van der Waals surface area contributed by atoms with E-state index in [9.17, 15) is 4.79 Å². The molecule has 122 valence electrons. The lowest BCUT2D eigenvalue weighted by Gasteiger charge is -2.08. The van der Waals surface area contributed by atoms with Crippen LogP contribution in [0.1, 0.15) is 10.4 Å². The standard InChI is InChI=1S/C17H13N7O/c25-17(13-4-1-6-15(10-13)24-12-18-21-22-24)20-14-5-2-7-16(11-14)23-9-3-8-19-23/h1-12H,(H,20,25). The van der Waals surface area contributed by atoms with Gasteiger partial charge in [0, 0.05) is 23.6 Å². The van der Waals surface area contributed by atoms with Crippen molar-refractivity contribution in [3.63, 3.8) is 0 Å². The molecule has 0 aliphatic carbocycles. The Bertz CT molecular complexity index is 994. The molecule has 0 atom stereocenters. The summed E-state index contributed by atoms with van der Waals surface area (Å²) in [4.78, 5) is 12.5. The summed E-state index contributed by atoms with van der Waals surface area (Å²) in [5.41, 5.74) is 2.77. The first-order chi connectivity index (χ1) is 12.3. The molecule has 2 aromatic carbocycles. The van der Waals surface area contributed by atoms with Gasteiger partial charge in [-0.3, -0.25) is 4.79 Å². The number of benzene rings is 2. The minimum absolute atomic E-state index is 0.215. The zero-order valence-electron chi connectivity index (χ0n) is 13.0. The highest BCUT2D eigenvalue weighted by Gasteiger charge is 2.09. The van der Waals surface area contributed by atoms with Crippen LogP contribution in [0.5, 0.6) is 0 Å². The number of tetrazole rings is 1. The Morgan fingerprint density at radius 2 is 1.80 bits per heavy atom. The molecule has 1 amide bonds. The number of anilines is 1. The van der Waals surface area contributed by atoms with Crippen LogP contribution in [0.25, 0.3) is 11.4 Å². The summed E-state index contributed by atoms with van der Waals surface area (Å²) in [5.74, 6) is -0.215. The zero-order valence-corrected chi connectivity index (χ0v) is 13.0. The van der Waals surface area contributed by atoms with E-state index in [2.05, 4.69) is 25.9 Å². The molecular weight excluding hydrogens is 318 g/mol. The Balaban J connectivity index is 1.57. The van der Waals surface area contributed by atoms with E-state index >= 15 is 0 Å². The molecule has 1 N–H and O–H groups in total. The average molecular weight is 331 g/mol. The number of aromatic nitrogens is 6. The van der Waals surface area contributed by atoms with Gasteiger partial charge in [-0.05, 0) is 52.9 Å². The van der Waals surface area contributed by atoms with Crippen molar-refractivity contribution >= 4 is 11.6 Å². The number of rotatable bonds is 4. The van der Waals surface area contributed by atoms with E-state index in [0.717, 1.165) is 5.69 Å². The maximum atomic E-state index is 12.5. The maximum absolute atomic E-state index is 12.5. The fraction of sp³-hybridized carbons (Fsp3) is 0. The largest absolute Gasteiger partial charge is 0.322 e. The van der Waals surface area contributed by atoms with Gasteiger partial charge in [0.1, 0.15) is 6.33 Å². The molecule has 0 saturated heterocycles. The van der Waals surface area contributed by atoms with Crippen molar-refractivity contribution in [2.75, 3.05) is 5.32 Å². The number of hydrogen-bond donors (Lipinski definition) is 1. The Morgan fingerprint density at radius 3 is 2.56 bits per heavy atom. The van der Waals surface area contributed by atoms with E-state index in [1.54, 1.807) is 29.1 Å². The number of carbonyl (C=O) groups is 1. The van der Waals surface area contributed by atoms with Crippen LogP contribution in [-0.2, 0) is 0 Å². The number of amides is 1. The Kier molecular flexibility index (Phi) is 3.76. The molecule has 25 heavy (non-hydrogen) atoms. The minimum atomic E-state index is -0.215. The molecule has 0 aliphatic rings. The van der Waals surface area contributed by atoms with Gasteiger partial charge >= 0.3 is 0 Å². The molecule has 0 radical (unpaired) electrons. The predicted molar refractivity (Wildman–Crippen MR) is 90.7 cm³/mol.